The monoisotopic (exact) mass is 762 g/mol. The molecule has 2 unspecified atom stereocenters. The summed E-state index contributed by atoms with van der Waals surface area (Å²) in [6, 6.07) is 0. The van der Waals surface area contributed by atoms with Gasteiger partial charge in [-0.15, -0.1) is 0 Å². The summed E-state index contributed by atoms with van der Waals surface area (Å²) in [6.07, 6.45) is 45.6. The highest BCUT2D eigenvalue weighted by atomic mass is 79.9. The van der Waals surface area contributed by atoms with Crippen molar-refractivity contribution in [2.75, 3.05) is 24.2 Å². The predicted octanol–water partition coefficient (Wildman–Crippen LogP) is 14.6. The van der Waals surface area contributed by atoms with Crippen molar-refractivity contribution in [3.63, 3.8) is 0 Å². The van der Waals surface area contributed by atoms with Crippen LogP contribution in [0.1, 0.15) is 194 Å². The first-order valence-corrected chi connectivity index (χ1v) is 21.8. The topological polar surface area (TPSA) is 27.7 Å². The van der Waals surface area contributed by atoms with Gasteiger partial charge in [-0.3, -0.25) is 0 Å². The molecule has 0 saturated heterocycles. The van der Waals surface area contributed by atoms with Crippen molar-refractivity contribution in [1.82, 2.24) is 0 Å². The number of ether oxygens (including phenoxy) is 3. The van der Waals surface area contributed by atoms with Crippen LogP contribution in [0.2, 0.25) is 0 Å². The SMILES string of the molecule is CCCCCCCCC(CCC=CCCCCCCBr)OCOCOC(CCC=CCCCCCCBr)CCCCCCCC. The number of allylic oxidation sites excluding steroid dienone is 4. The highest BCUT2D eigenvalue weighted by molar-refractivity contribution is 9.09. The van der Waals surface area contributed by atoms with Gasteiger partial charge in [0, 0.05) is 10.7 Å². The third kappa shape index (κ3) is 37.0. The molecule has 0 rings (SSSR count). The number of hydrogen-bond donors (Lipinski definition) is 0. The second kappa shape index (κ2) is 40.5. The van der Waals surface area contributed by atoms with Crippen LogP contribution in [-0.4, -0.2) is 36.5 Å². The molecule has 0 aromatic carbocycles. The quantitative estimate of drug-likeness (QED) is 0.0271. The summed E-state index contributed by atoms with van der Waals surface area (Å²) >= 11 is 7.06. The molecule has 0 aliphatic carbocycles. The van der Waals surface area contributed by atoms with Crippen LogP contribution in [0.3, 0.4) is 0 Å². The maximum atomic E-state index is 6.27. The summed E-state index contributed by atoms with van der Waals surface area (Å²) in [5, 5.41) is 2.27. The van der Waals surface area contributed by atoms with Crippen LogP contribution in [0.25, 0.3) is 0 Å². The molecule has 0 N–H and O–H groups in total. The van der Waals surface area contributed by atoms with Crippen molar-refractivity contribution >= 4 is 31.9 Å². The molecule has 0 aliphatic heterocycles. The van der Waals surface area contributed by atoms with Crippen molar-refractivity contribution in [3.8, 4) is 0 Å². The maximum absolute atomic E-state index is 6.27. The predicted molar refractivity (Wildman–Crippen MR) is 207 cm³/mol. The Morgan fingerprint density at radius 3 is 1.18 bits per heavy atom. The van der Waals surface area contributed by atoms with Crippen LogP contribution >= 0.6 is 31.9 Å². The molecule has 3 nitrogen and oxygen atoms in total. The van der Waals surface area contributed by atoms with Gasteiger partial charge in [0.1, 0.15) is 13.6 Å². The van der Waals surface area contributed by atoms with E-state index >= 15 is 0 Å². The van der Waals surface area contributed by atoms with Crippen LogP contribution in [0.5, 0.6) is 0 Å². The van der Waals surface area contributed by atoms with Crippen LogP contribution in [0, 0.1) is 0 Å². The van der Waals surface area contributed by atoms with Gasteiger partial charge < -0.3 is 14.2 Å². The second-order valence-corrected chi connectivity index (χ2v) is 14.6. The summed E-state index contributed by atoms with van der Waals surface area (Å²) < 4.78 is 18.4. The lowest BCUT2D eigenvalue weighted by atomic mass is 10.0. The first-order chi connectivity index (χ1) is 22.3. The van der Waals surface area contributed by atoms with Crippen LogP contribution in [0.4, 0.5) is 0 Å². The van der Waals surface area contributed by atoms with Crippen LogP contribution < -0.4 is 0 Å². The van der Waals surface area contributed by atoms with Gasteiger partial charge in [-0.2, -0.15) is 0 Å². The molecule has 0 aliphatic rings. The standard InChI is InChI=1S/C40H76Br2O3/c1-3-5-7-9-19-25-31-39(33-27-21-15-11-13-17-23-29-35-41)44-37-43-38-45-40(32-26-20-10-8-6-4-2)34-28-22-16-12-14-18-24-30-36-42/h15-16,21-22,39-40H,3-14,17-20,23-38H2,1-2H3. The Kier molecular flexibility index (Phi) is 40.8. The molecule has 0 aromatic heterocycles. The summed E-state index contributed by atoms with van der Waals surface area (Å²) in [6.45, 7) is 5.26. The normalized spacial score (nSPS) is 13.4. The van der Waals surface area contributed by atoms with Gasteiger partial charge in [0.25, 0.3) is 0 Å². The Morgan fingerprint density at radius 2 is 0.756 bits per heavy atom. The van der Waals surface area contributed by atoms with Crippen LogP contribution in [0.15, 0.2) is 24.3 Å². The van der Waals surface area contributed by atoms with E-state index in [4.69, 9.17) is 14.2 Å². The first kappa shape index (κ1) is 45.3. The molecule has 268 valence electrons. The molecule has 0 aromatic rings. The van der Waals surface area contributed by atoms with Gasteiger partial charge in [0.15, 0.2) is 0 Å². The van der Waals surface area contributed by atoms with E-state index in [2.05, 4.69) is 70.0 Å². The third-order valence-electron chi connectivity index (χ3n) is 8.69. The zero-order valence-electron chi connectivity index (χ0n) is 30.1. The minimum Gasteiger partial charge on any atom is -0.352 e. The van der Waals surface area contributed by atoms with E-state index in [0.717, 1.165) is 49.2 Å². The fraction of sp³-hybridized carbons (Fsp3) is 0.900. The van der Waals surface area contributed by atoms with Crippen molar-refractivity contribution in [2.45, 2.75) is 206 Å². The smallest absolute Gasteiger partial charge is 0.149 e. The molecule has 0 radical (unpaired) electrons. The maximum Gasteiger partial charge on any atom is 0.149 e. The summed E-state index contributed by atoms with van der Waals surface area (Å²) in [7, 11) is 0. The van der Waals surface area contributed by atoms with E-state index < -0.39 is 0 Å². The fourth-order valence-corrected chi connectivity index (χ4v) is 6.50. The Labute approximate surface area is 299 Å². The molecule has 0 fully saturated rings. The van der Waals surface area contributed by atoms with E-state index in [9.17, 15) is 0 Å². The van der Waals surface area contributed by atoms with Crippen molar-refractivity contribution in [2.24, 2.45) is 0 Å². The molecule has 0 saturated carbocycles. The summed E-state index contributed by atoms with van der Waals surface area (Å²) in [5.74, 6) is 0. The summed E-state index contributed by atoms with van der Waals surface area (Å²) in [5.41, 5.74) is 0. The molecule has 45 heavy (non-hydrogen) atoms. The average molecular weight is 765 g/mol. The molecular weight excluding hydrogens is 688 g/mol. The number of alkyl halides is 2. The number of rotatable bonds is 38. The van der Waals surface area contributed by atoms with Crippen LogP contribution in [-0.2, 0) is 14.2 Å². The minimum absolute atomic E-state index is 0.281. The van der Waals surface area contributed by atoms with E-state index in [1.165, 1.54) is 141 Å². The fourth-order valence-electron chi connectivity index (χ4n) is 5.71. The summed E-state index contributed by atoms with van der Waals surface area (Å²) in [4.78, 5) is 0. The van der Waals surface area contributed by atoms with E-state index in [0.29, 0.717) is 13.6 Å². The first-order valence-electron chi connectivity index (χ1n) is 19.5. The average Bonchev–Trinajstić information content (AvgIpc) is 3.05. The Bertz CT molecular complexity index is 548. The van der Waals surface area contributed by atoms with E-state index in [-0.39, 0.29) is 12.2 Å². The van der Waals surface area contributed by atoms with Gasteiger partial charge >= 0.3 is 0 Å². The van der Waals surface area contributed by atoms with E-state index in [1.54, 1.807) is 0 Å². The Balaban J connectivity index is 4.47. The Morgan fingerprint density at radius 1 is 0.400 bits per heavy atom. The van der Waals surface area contributed by atoms with E-state index in [1.807, 2.05) is 0 Å². The van der Waals surface area contributed by atoms with Crippen molar-refractivity contribution in [3.05, 3.63) is 24.3 Å². The highest BCUT2D eigenvalue weighted by Gasteiger charge is 2.11. The number of hydrogen-bond acceptors (Lipinski definition) is 3. The molecule has 0 spiro atoms. The van der Waals surface area contributed by atoms with Gasteiger partial charge in [0.2, 0.25) is 0 Å². The number of halogens is 2. The second-order valence-electron chi connectivity index (χ2n) is 13.0. The Hall–Kier alpha value is 0.320. The third-order valence-corrected chi connectivity index (χ3v) is 9.81. The highest BCUT2D eigenvalue weighted by Crippen LogP contribution is 2.17. The lowest BCUT2D eigenvalue weighted by Gasteiger charge is -2.20. The number of unbranched alkanes of at least 4 members (excludes halogenated alkanes) is 18. The van der Waals surface area contributed by atoms with Gasteiger partial charge in [0.05, 0.1) is 12.2 Å². The lowest BCUT2D eigenvalue weighted by molar-refractivity contribution is -0.167. The molecular formula is C40H76Br2O3. The van der Waals surface area contributed by atoms with Gasteiger partial charge in [-0.1, -0.05) is 173 Å². The molecule has 0 amide bonds. The zero-order valence-corrected chi connectivity index (χ0v) is 33.2. The minimum atomic E-state index is 0.281. The van der Waals surface area contributed by atoms with Crippen molar-refractivity contribution in [1.29, 1.82) is 0 Å². The molecule has 5 heteroatoms. The largest absolute Gasteiger partial charge is 0.352 e. The molecule has 0 bridgehead atoms. The zero-order chi connectivity index (χ0) is 32.7. The molecule has 2 atom stereocenters. The lowest BCUT2D eigenvalue weighted by Crippen LogP contribution is -2.19. The van der Waals surface area contributed by atoms with Gasteiger partial charge in [-0.25, -0.2) is 0 Å². The van der Waals surface area contributed by atoms with Crippen molar-refractivity contribution < 1.29 is 14.2 Å². The van der Waals surface area contributed by atoms with Gasteiger partial charge in [-0.05, 0) is 77.0 Å². The molecule has 0 heterocycles.